The summed E-state index contributed by atoms with van der Waals surface area (Å²) in [7, 11) is 0. The molecule has 3 rings (SSSR count). The number of anilines is 1. The maximum atomic E-state index is 13.2. The number of nitro benzene ring substituents is 1. The van der Waals surface area contributed by atoms with Crippen LogP contribution < -0.4 is 5.32 Å². The number of ether oxygens (including phenoxy) is 1. The van der Waals surface area contributed by atoms with Gasteiger partial charge in [-0.1, -0.05) is 12.8 Å². The van der Waals surface area contributed by atoms with Crippen molar-refractivity contribution in [3.8, 4) is 0 Å². The summed E-state index contributed by atoms with van der Waals surface area (Å²) in [5.41, 5.74) is -3.02. The number of amides is 3. The quantitative estimate of drug-likeness (QED) is 0.292. The van der Waals surface area contributed by atoms with Gasteiger partial charge in [-0.2, -0.15) is 13.2 Å². The second kappa shape index (κ2) is 9.16. The van der Waals surface area contributed by atoms with E-state index in [1.807, 2.05) is 5.32 Å². The lowest BCUT2D eigenvalue weighted by atomic mass is 9.81. The van der Waals surface area contributed by atoms with Gasteiger partial charge in [-0.05, 0) is 25.8 Å². The summed E-state index contributed by atoms with van der Waals surface area (Å²) in [5, 5.41) is 12.6. The van der Waals surface area contributed by atoms with Crippen LogP contribution in [-0.2, 0) is 30.1 Å². The summed E-state index contributed by atoms with van der Waals surface area (Å²) >= 11 is 0. The molecular formula is C20H20F3N3O7. The molecule has 2 fully saturated rings. The van der Waals surface area contributed by atoms with Gasteiger partial charge in [0.25, 0.3) is 11.6 Å². The van der Waals surface area contributed by atoms with E-state index in [-0.39, 0.29) is 6.07 Å². The molecule has 0 radical (unpaired) electrons. The van der Waals surface area contributed by atoms with Crippen molar-refractivity contribution in [3.63, 3.8) is 0 Å². The zero-order valence-corrected chi connectivity index (χ0v) is 17.4. The van der Waals surface area contributed by atoms with Gasteiger partial charge in [0.05, 0.1) is 28.0 Å². The number of fused-ring (bicyclic) bond motifs is 1. The fourth-order valence-electron chi connectivity index (χ4n) is 4.11. The van der Waals surface area contributed by atoms with E-state index in [1.54, 1.807) is 0 Å². The van der Waals surface area contributed by atoms with Crippen molar-refractivity contribution in [3.05, 3.63) is 33.9 Å². The lowest BCUT2D eigenvalue weighted by Crippen LogP contribution is -2.45. The zero-order chi connectivity index (χ0) is 24.5. The van der Waals surface area contributed by atoms with Crippen LogP contribution in [0.2, 0.25) is 0 Å². The third-order valence-electron chi connectivity index (χ3n) is 5.74. The van der Waals surface area contributed by atoms with E-state index in [2.05, 4.69) is 0 Å². The molecule has 1 aliphatic carbocycles. The maximum absolute atomic E-state index is 13.2. The normalized spacial score (nSPS) is 21.4. The summed E-state index contributed by atoms with van der Waals surface area (Å²) in [4.78, 5) is 60.0. The van der Waals surface area contributed by atoms with Crippen LogP contribution in [0.15, 0.2) is 18.2 Å². The summed E-state index contributed by atoms with van der Waals surface area (Å²) in [6.45, 7) is 0.284. The van der Waals surface area contributed by atoms with E-state index < -0.39 is 76.2 Å². The molecule has 0 aromatic heterocycles. The largest absolute Gasteiger partial charge is 0.454 e. The number of alkyl halides is 3. The number of benzene rings is 1. The summed E-state index contributed by atoms with van der Waals surface area (Å²) in [6, 6.07) is 0.470. The first kappa shape index (κ1) is 24.1. The van der Waals surface area contributed by atoms with Gasteiger partial charge >= 0.3 is 12.1 Å². The molecule has 178 valence electrons. The van der Waals surface area contributed by atoms with Gasteiger partial charge in [-0.25, -0.2) is 4.79 Å². The van der Waals surface area contributed by atoms with Crippen molar-refractivity contribution in [2.45, 2.75) is 44.8 Å². The molecule has 0 bridgehead atoms. The highest BCUT2D eigenvalue weighted by molar-refractivity contribution is 6.08. The minimum absolute atomic E-state index is 0.272. The Morgan fingerprint density at radius 2 is 1.79 bits per heavy atom. The average molecular weight is 471 g/mol. The van der Waals surface area contributed by atoms with Crippen molar-refractivity contribution in [2.24, 2.45) is 11.8 Å². The molecule has 3 amide bonds. The highest BCUT2D eigenvalue weighted by Crippen LogP contribution is 2.39. The summed E-state index contributed by atoms with van der Waals surface area (Å²) in [5.74, 6) is -4.10. The Bertz CT molecular complexity index is 987. The Labute approximate surface area is 185 Å². The lowest BCUT2D eigenvalue weighted by molar-refractivity contribution is -0.385. The first-order chi connectivity index (χ1) is 15.4. The fraction of sp³-hybridized carbons (Fsp3) is 0.500. The highest BCUT2D eigenvalue weighted by Gasteiger charge is 2.51. The molecule has 1 aromatic carbocycles. The highest BCUT2D eigenvalue weighted by atomic mass is 19.4. The van der Waals surface area contributed by atoms with Crippen LogP contribution in [0.1, 0.15) is 38.2 Å². The number of hydrogen-bond acceptors (Lipinski definition) is 7. The molecule has 33 heavy (non-hydrogen) atoms. The predicted molar refractivity (Wildman–Crippen MR) is 104 cm³/mol. The van der Waals surface area contributed by atoms with Crippen LogP contribution in [0, 0.1) is 22.0 Å². The molecule has 13 heteroatoms. The third kappa shape index (κ3) is 4.96. The lowest BCUT2D eigenvalue weighted by Gasteiger charge is -2.21. The van der Waals surface area contributed by atoms with Gasteiger partial charge < -0.3 is 10.1 Å². The number of imide groups is 1. The molecule has 3 unspecified atom stereocenters. The Hall–Kier alpha value is -3.51. The molecule has 1 N–H and O–H groups in total. The number of carbonyl (C=O) groups excluding carboxylic acids is 4. The number of nitrogens with zero attached hydrogens (tertiary/aromatic N) is 2. The van der Waals surface area contributed by atoms with Crippen LogP contribution in [0.4, 0.5) is 24.5 Å². The van der Waals surface area contributed by atoms with Crippen molar-refractivity contribution < 1.29 is 42.0 Å². The summed E-state index contributed by atoms with van der Waals surface area (Å²) in [6.07, 6.45) is -2.29. The molecule has 1 aromatic rings. The van der Waals surface area contributed by atoms with Gasteiger partial charge in [-0.15, -0.1) is 0 Å². The topological polar surface area (TPSA) is 136 Å². The van der Waals surface area contributed by atoms with E-state index >= 15 is 0 Å². The predicted octanol–water partition coefficient (Wildman–Crippen LogP) is 2.66. The van der Waals surface area contributed by atoms with Gasteiger partial charge in [0.15, 0.2) is 6.61 Å². The van der Waals surface area contributed by atoms with Gasteiger partial charge in [0.1, 0.15) is 6.04 Å². The first-order valence-electron chi connectivity index (χ1n) is 10.1. The monoisotopic (exact) mass is 471 g/mol. The minimum atomic E-state index is -4.99. The molecule has 1 saturated carbocycles. The van der Waals surface area contributed by atoms with E-state index in [0.29, 0.717) is 18.9 Å². The number of halogens is 3. The fourth-order valence-corrected chi connectivity index (χ4v) is 4.11. The standard InChI is InChI=1S/C20H20F3N3O7/c1-10(25-17(28)12-4-2-3-5-13(12)18(25)29)19(30)33-9-16(27)24-15-7-6-11(26(31)32)8-14(15)20(21,22)23/h6-8,10,12-13H,2-5,9H2,1H3,(H,24,27). The number of hydrogen-bond donors (Lipinski definition) is 1. The number of rotatable bonds is 6. The van der Waals surface area contributed by atoms with Crippen LogP contribution in [0.3, 0.4) is 0 Å². The van der Waals surface area contributed by atoms with Crippen molar-refractivity contribution in [1.29, 1.82) is 0 Å². The van der Waals surface area contributed by atoms with Crippen molar-refractivity contribution in [1.82, 2.24) is 4.90 Å². The Kier molecular flexibility index (Phi) is 6.70. The molecule has 10 nitrogen and oxygen atoms in total. The molecular weight excluding hydrogens is 451 g/mol. The van der Waals surface area contributed by atoms with Crippen LogP contribution in [-0.4, -0.2) is 46.2 Å². The maximum Gasteiger partial charge on any atom is 0.418 e. The Morgan fingerprint density at radius 1 is 1.21 bits per heavy atom. The second-order valence-corrected chi connectivity index (χ2v) is 7.86. The van der Waals surface area contributed by atoms with E-state index in [0.717, 1.165) is 23.8 Å². The number of nitrogens with one attached hydrogen (secondary N) is 1. The minimum Gasteiger partial charge on any atom is -0.454 e. The second-order valence-electron chi connectivity index (χ2n) is 7.86. The molecule has 1 heterocycles. The van der Waals surface area contributed by atoms with Crippen LogP contribution in [0.5, 0.6) is 0 Å². The molecule has 1 aliphatic heterocycles. The number of esters is 1. The first-order valence-corrected chi connectivity index (χ1v) is 10.1. The number of likely N-dealkylation sites (tertiary alicyclic amines) is 1. The Balaban J connectivity index is 1.63. The van der Waals surface area contributed by atoms with Crippen LogP contribution in [0.25, 0.3) is 0 Å². The SMILES string of the molecule is CC(C(=O)OCC(=O)Nc1ccc([N+](=O)[O-])cc1C(F)(F)F)N1C(=O)C2CCCCC2C1=O. The zero-order valence-electron chi connectivity index (χ0n) is 17.4. The summed E-state index contributed by atoms with van der Waals surface area (Å²) < 4.78 is 44.4. The molecule has 1 saturated heterocycles. The number of carbonyl (C=O) groups is 4. The number of non-ortho nitro benzene ring substituents is 1. The smallest absolute Gasteiger partial charge is 0.418 e. The molecule has 0 spiro atoms. The van der Waals surface area contributed by atoms with Gasteiger partial charge in [0, 0.05) is 12.1 Å². The van der Waals surface area contributed by atoms with Crippen molar-refractivity contribution in [2.75, 3.05) is 11.9 Å². The molecule has 3 atom stereocenters. The Morgan fingerprint density at radius 3 is 2.30 bits per heavy atom. The third-order valence-corrected chi connectivity index (χ3v) is 5.74. The van der Waals surface area contributed by atoms with Gasteiger partial charge in [0.2, 0.25) is 11.8 Å². The van der Waals surface area contributed by atoms with Crippen LogP contribution >= 0.6 is 0 Å². The van der Waals surface area contributed by atoms with Crippen molar-refractivity contribution >= 4 is 35.1 Å². The van der Waals surface area contributed by atoms with E-state index in [1.165, 1.54) is 6.92 Å². The van der Waals surface area contributed by atoms with E-state index in [9.17, 15) is 42.5 Å². The van der Waals surface area contributed by atoms with Gasteiger partial charge in [-0.3, -0.25) is 29.4 Å². The molecule has 2 aliphatic rings. The number of nitro groups is 1. The average Bonchev–Trinajstić information content (AvgIpc) is 3.01. The van der Waals surface area contributed by atoms with E-state index in [4.69, 9.17) is 4.74 Å².